The maximum atomic E-state index is 5.07. The second kappa shape index (κ2) is 13.2. The van der Waals surface area contributed by atoms with E-state index in [1.807, 2.05) is 18.2 Å². The Morgan fingerprint density at radius 1 is 1.15 bits per heavy atom. The minimum absolute atomic E-state index is 0. The first-order chi connectivity index (χ1) is 12.8. The molecule has 1 aromatic heterocycles. The molecule has 7 heteroatoms. The lowest BCUT2D eigenvalue weighted by Gasteiger charge is -2.23. The number of anilines is 1. The van der Waals surface area contributed by atoms with Crippen molar-refractivity contribution in [2.75, 3.05) is 38.7 Å². The molecule has 0 radical (unpaired) electrons. The molecule has 0 spiro atoms. The average molecular weight is 483 g/mol. The molecule has 1 heterocycles. The van der Waals surface area contributed by atoms with Crippen molar-refractivity contribution in [3.63, 3.8) is 0 Å². The predicted molar refractivity (Wildman–Crippen MR) is 123 cm³/mol. The van der Waals surface area contributed by atoms with Crippen molar-refractivity contribution in [3.05, 3.63) is 54.2 Å². The van der Waals surface area contributed by atoms with E-state index >= 15 is 0 Å². The average Bonchev–Trinajstić information content (AvgIpc) is 2.71. The van der Waals surface area contributed by atoms with Gasteiger partial charge in [-0.05, 0) is 31.0 Å². The molecule has 0 saturated carbocycles. The summed E-state index contributed by atoms with van der Waals surface area (Å²) in [6.07, 6.45) is 2.84. The molecule has 2 aromatic rings. The zero-order valence-corrected chi connectivity index (χ0v) is 18.6. The summed E-state index contributed by atoms with van der Waals surface area (Å²) in [5.74, 6) is 1.42. The van der Waals surface area contributed by atoms with E-state index in [1.165, 1.54) is 5.69 Å². The first-order valence-corrected chi connectivity index (χ1v) is 9.00. The number of nitrogens with one attached hydrogen (secondary N) is 2. The number of aromatic nitrogens is 1. The van der Waals surface area contributed by atoms with E-state index in [2.05, 4.69) is 56.7 Å². The number of para-hydroxylation sites is 1. The Hall–Kier alpha value is -2.03. The van der Waals surface area contributed by atoms with Crippen molar-refractivity contribution in [1.82, 2.24) is 15.6 Å². The number of ether oxygens (including phenoxy) is 1. The second-order valence-electron chi connectivity index (χ2n) is 5.83. The normalized spacial score (nSPS) is 10.7. The van der Waals surface area contributed by atoms with Crippen LogP contribution < -0.4 is 20.3 Å². The summed E-state index contributed by atoms with van der Waals surface area (Å²) >= 11 is 0. The smallest absolute Gasteiger partial charge is 0.212 e. The highest BCUT2D eigenvalue weighted by atomic mass is 127. The van der Waals surface area contributed by atoms with E-state index < -0.39 is 0 Å². The lowest BCUT2D eigenvalue weighted by Crippen LogP contribution is -2.38. The SMILES string of the molecule is CCN(CCCNC(=NC)NCc1ccc(OC)nc1)c1ccccc1.I. The lowest BCUT2D eigenvalue weighted by atomic mass is 10.2. The summed E-state index contributed by atoms with van der Waals surface area (Å²) in [4.78, 5) is 10.8. The van der Waals surface area contributed by atoms with Gasteiger partial charge in [0.1, 0.15) is 0 Å². The van der Waals surface area contributed by atoms with Crippen LogP contribution in [0.15, 0.2) is 53.7 Å². The van der Waals surface area contributed by atoms with Crippen LogP contribution in [-0.4, -0.2) is 44.7 Å². The molecule has 0 amide bonds. The topological polar surface area (TPSA) is 61.8 Å². The third kappa shape index (κ3) is 8.03. The largest absolute Gasteiger partial charge is 0.481 e. The van der Waals surface area contributed by atoms with Gasteiger partial charge >= 0.3 is 0 Å². The fourth-order valence-corrected chi connectivity index (χ4v) is 2.63. The van der Waals surface area contributed by atoms with Crippen molar-refractivity contribution >= 4 is 35.6 Å². The van der Waals surface area contributed by atoms with Crippen LogP contribution >= 0.6 is 24.0 Å². The number of pyridine rings is 1. The van der Waals surface area contributed by atoms with Gasteiger partial charge in [0.2, 0.25) is 5.88 Å². The van der Waals surface area contributed by atoms with Crippen LogP contribution in [-0.2, 0) is 6.54 Å². The molecule has 2 rings (SSSR count). The van der Waals surface area contributed by atoms with E-state index in [0.29, 0.717) is 12.4 Å². The molecule has 0 aliphatic heterocycles. The maximum Gasteiger partial charge on any atom is 0.212 e. The van der Waals surface area contributed by atoms with Crippen LogP contribution in [0.4, 0.5) is 5.69 Å². The van der Waals surface area contributed by atoms with Gasteiger partial charge in [0.25, 0.3) is 0 Å². The highest BCUT2D eigenvalue weighted by Crippen LogP contribution is 2.12. The number of rotatable bonds is 9. The summed E-state index contributed by atoms with van der Waals surface area (Å²) in [6, 6.07) is 14.4. The van der Waals surface area contributed by atoms with Gasteiger partial charge in [-0.15, -0.1) is 24.0 Å². The van der Waals surface area contributed by atoms with Crippen LogP contribution in [0.2, 0.25) is 0 Å². The molecule has 1 aromatic carbocycles. The zero-order chi connectivity index (χ0) is 18.6. The summed E-state index contributed by atoms with van der Waals surface area (Å²) in [6.45, 7) is 5.73. The van der Waals surface area contributed by atoms with Gasteiger partial charge in [-0.3, -0.25) is 4.99 Å². The molecule has 27 heavy (non-hydrogen) atoms. The van der Waals surface area contributed by atoms with E-state index in [-0.39, 0.29) is 24.0 Å². The number of aliphatic imine (C=N–C) groups is 1. The van der Waals surface area contributed by atoms with Gasteiger partial charge in [0, 0.05) is 51.2 Å². The Kier molecular flexibility index (Phi) is 11.2. The Morgan fingerprint density at radius 3 is 2.52 bits per heavy atom. The predicted octanol–water partition coefficient (Wildman–Crippen LogP) is 3.29. The number of hydrogen-bond donors (Lipinski definition) is 2. The molecule has 2 N–H and O–H groups in total. The minimum Gasteiger partial charge on any atom is -0.481 e. The summed E-state index contributed by atoms with van der Waals surface area (Å²) < 4.78 is 5.07. The van der Waals surface area contributed by atoms with Gasteiger partial charge in [-0.2, -0.15) is 0 Å². The summed E-state index contributed by atoms with van der Waals surface area (Å²) in [5, 5.41) is 6.66. The third-order valence-electron chi connectivity index (χ3n) is 4.09. The fourth-order valence-electron chi connectivity index (χ4n) is 2.63. The Balaban J connectivity index is 0.00000364. The standard InChI is InChI=1S/C20H29N5O.HI/c1-4-25(18-9-6-5-7-10-18)14-8-13-22-20(21-2)24-16-17-11-12-19(26-3)23-15-17;/h5-7,9-12,15H,4,8,13-14,16H2,1-3H3,(H2,21,22,24);1H. The van der Waals surface area contributed by atoms with E-state index in [1.54, 1.807) is 20.4 Å². The van der Waals surface area contributed by atoms with E-state index in [4.69, 9.17) is 4.74 Å². The highest BCUT2D eigenvalue weighted by Gasteiger charge is 2.04. The van der Waals surface area contributed by atoms with Crippen molar-refractivity contribution in [3.8, 4) is 5.88 Å². The molecule has 0 fully saturated rings. The second-order valence-corrected chi connectivity index (χ2v) is 5.83. The van der Waals surface area contributed by atoms with E-state index in [0.717, 1.165) is 37.6 Å². The number of guanidine groups is 1. The Labute approximate surface area is 179 Å². The first-order valence-electron chi connectivity index (χ1n) is 9.00. The van der Waals surface area contributed by atoms with Gasteiger partial charge in [0.15, 0.2) is 5.96 Å². The van der Waals surface area contributed by atoms with Crippen LogP contribution in [0.1, 0.15) is 18.9 Å². The molecule has 0 aliphatic carbocycles. The van der Waals surface area contributed by atoms with Crippen molar-refractivity contribution in [2.24, 2.45) is 4.99 Å². The van der Waals surface area contributed by atoms with Crippen LogP contribution in [0.5, 0.6) is 5.88 Å². The van der Waals surface area contributed by atoms with Gasteiger partial charge in [-0.1, -0.05) is 24.3 Å². The van der Waals surface area contributed by atoms with Gasteiger partial charge in [-0.25, -0.2) is 4.98 Å². The first kappa shape index (κ1) is 23.0. The molecule has 6 nitrogen and oxygen atoms in total. The van der Waals surface area contributed by atoms with E-state index in [9.17, 15) is 0 Å². The quantitative estimate of drug-likeness (QED) is 0.248. The monoisotopic (exact) mass is 483 g/mol. The molecule has 0 saturated heterocycles. The summed E-state index contributed by atoms with van der Waals surface area (Å²) in [7, 11) is 3.40. The van der Waals surface area contributed by atoms with Crippen LogP contribution in [0, 0.1) is 0 Å². The van der Waals surface area contributed by atoms with Crippen molar-refractivity contribution < 1.29 is 4.74 Å². The minimum atomic E-state index is 0. The molecule has 0 aliphatic rings. The van der Waals surface area contributed by atoms with Crippen LogP contribution in [0.25, 0.3) is 0 Å². The number of hydrogen-bond acceptors (Lipinski definition) is 4. The zero-order valence-electron chi connectivity index (χ0n) is 16.3. The van der Waals surface area contributed by atoms with Crippen molar-refractivity contribution in [2.45, 2.75) is 19.9 Å². The lowest BCUT2D eigenvalue weighted by molar-refractivity contribution is 0.397. The summed E-state index contributed by atoms with van der Waals surface area (Å²) in [5.41, 5.74) is 2.35. The fraction of sp³-hybridized carbons (Fsp3) is 0.400. The van der Waals surface area contributed by atoms with Gasteiger partial charge < -0.3 is 20.3 Å². The maximum absolute atomic E-state index is 5.07. The molecule has 148 valence electrons. The molecular weight excluding hydrogens is 453 g/mol. The van der Waals surface area contributed by atoms with Gasteiger partial charge in [0.05, 0.1) is 7.11 Å². The van der Waals surface area contributed by atoms with Crippen molar-refractivity contribution in [1.29, 1.82) is 0 Å². The third-order valence-corrected chi connectivity index (χ3v) is 4.09. The molecule has 0 atom stereocenters. The number of methoxy groups -OCH3 is 1. The molecule has 0 bridgehead atoms. The highest BCUT2D eigenvalue weighted by molar-refractivity contribution is 14.0. The Bertz CT molecular complexity index is 664. The molecular formula is C20H30IN5O. The number of halogens is 1. The molecule has 0 unspecified atom stereocenters. The Morgan fingerprint density at radius 2 is 1.93 bits per heavy atom. The van der Waals surface area contributed by atoms with Crippen LogP contribution in [0.3, 0.4) is 0 Å². The number of benzene rings is 1. The number of nitrogens with zero attached hydrogens (tertiary/aromatic N) is 3.